The zero-order valence-electron chi connectivity index (χ0n) is 13.6. The molecule has 0 saturated heterocycles. The quantitative estimate of drug-likeness (QED) is 0.441. The molecule has 0 unspecified atom stereocenters. The van der Waals surface area contributed by atoms with E-state index in [2.05, 4.69) is 4.98 Å². The Morgan fingerprint density at radius 2 is 2.00 bits per heavy atom. The maximum atomic E-state index is 13.3. The first-order valence-electron chi connectivity index (χ1n) is 8.07. The SMILES string of the molecule is O=c1/c(=C/c2ccc(-c3ccc(F)c(Cl)c3)o2)sc2nc3ccccc3n12. The molecule has 5 aromatic rings. The number of hydrogen-bond acceptors (Lipinski definition) is 4. The van der Waals surface area contributed by atoms with Crippen molar-refractivity contribution in [2.75, 3.05) is 0 Å². The first-order chi connectivity index (χ1) is 13.1. The van der Waals surface area contributed by atoms with Gasteiger partial charge in [-0.25, -0.2) is 13.8 Å². The van der Waals surface area contributed by atoms with E-state index in [1.807, 2.05) is 24.3 Å². The van der Waals surface area contributed by atoms with Crippen molar-refractivity contribution in [1.82, 2.24) is 9.38 Å². The van der Waals surface area contributed by atoms with Gasteiger partial charge in [0.05, 0.1) is 16.1 Å². The Hall–Kier alpha value is -2.96. The van der Waals surface area contributed by atoms with Crippen LogP contribution in [-0.4, -0.2) is 9.38 Å². The van der Waals surface area contributed by atoms with Gasteiger partial charge in [0.25, 0.3) is 5.56 Å². The normalized spacial score (nSPS) is 12.4. The van der Waals surface area contributed by atoms with Crippen molar-refractivity contribution >= 4 is 45.0 Å². The summed E-state index contributed by atoms with van der Waals surface area (Å²) in [5.74, 6) is 0.586. The van der Waals surface area contributed by atoms with Crippen molar-refractivity contribution in [2.45, 2.75) is 0 Å². The minimum absolute atomic E-state index is 0.0302. The fraction of sp³-hybridized carbons (Fsp3) is 0. The molecule has 7 heteroatoms. The third kappa shape index (κ3) is 2.65. The number of nitrogens with zero attached hydrogens (tertiary/aromatic N) is 2. The van der Waals surface area contributed by atoms with E-state index >= 15 is 0 Å². The fourth-order valence-corrected chi connectivity index (χ4v) is 4.12. The van der Waals surface area contributed by atoms with E-state index in [9.17, 15) is 9.18 Å². The Balaban J connectivity index is 1.61. The molecule has 0 spiro atoms. The molecule has 0 aliphatic heterocycles. The average molecular weight is 397 g/mol. The Kier molecular flexibility index (Phi) is 3.63. The molecule has 3 heterocycles. The van der Waals surface area contributed by atoms with Crippen LogP contribution in [0.3, 0.4) is 0 Å². The van der Waals surface area contributed by atoms with Crippen LogP contribution in [0.1, 0.15) is 5.76 Å². The Morgan fingerprint density at radius 1 is 1.15 bits per heavy atom. The first kappa shape index (κ1) is 16.2. The molecule has 0 atom stereocenters. The molecule has 0 amide bonds. The van der Waals surface area contributed by atoms with Crippen molar-refractivity contribution in [2.24, 2.45) is 0 Å². The number of benzene rings is 2. The van der Waals surface area contributed by atoms with E-state index in [0.29, 0.717) is 26.6 Å². The summed E-state index contributed by atoms with van der Waals surface area (Å²) in [6, 6.07) is 15.4. The molecule has 0 saturated carbocycles. The molecule has 3 aromatic heterocycles. The lowest BCUT2D eigenvalue weighted by atomic mass is 10.2. The number of furan rings is 1. The summed E-state index contributed by atoms with van der Waals surface area (Å²) >= 11 is 7.13. The van der Waals surface area contributed by atoms with Crippen LogP contribution in [-0.2, 0) is 0 Å². The second-order valence-electron chi connectivity index (χ2n) is 5.97. The Morgan fingerprint density at radius 3 is 2.85 bits per heavy atom. The minimum Gasteiger partial charge on any atom is -0.457 e. The number of halogens is 2. The summed E-state index contributed by atoms with van der Waals surface area (Å²) < 4.78 is 21.2. The maximum absolute atomic E-state index is 13.3. The summed E-state index contributed by atoms with van der Waals surface area (Å²) in [6.45, 7) is 0. The van der Waals surface area contributed by atoms with E-state index in [1.54, 1.807) is 28.7 Å². The second kappa shape index (κ2) is 6.04. The van der Waals surface area contributed by atoms with Gasteiger partial charge in [-0.05, 0) is 42.5 Å². The second-order valence-corrected chi connectivity index (χ2v) is 7.38. The number of aromatic nitrogens is 2. The van der Waals surface area contributed by atoms with Crippen molar-refractivity contribution in [3.8, 4) is 11.3 Å². The summed E-state index contributed by atoms with van der Waals surface area (Å²) in [4.78, 5) is 17.9. The number of rotatable bonds is 2. The predicted octanol–water partition coefficient (Wildman–Crippen LogP) is 4.51. The van der Waals surface area contributed by atoms with Crippen LogP contribution >= 0.6 is 22.9 Å². The van der Waals surface area contributed by atoms with Crippen molar-refractivity contribution < 1.29 is 8.81 Å². The van der Waals surface area contributed by atoms with Crippen molar-refractivity contribution in [1.29, 1.82) is 0 Å². The van der Waals surface area contributed by atoms with Crippen molar-refractivity contribution in [3.05, 3.63) is 86.1 Å². The van der Waals surface area contributed by atoms with E-state index in [0.717, 1.165) is 11.0 Å². The zero-order chi connectivity index (χ0) is 18.5. The molecule has 0 fully saturated rings. The maximum Gasteiger partial charge on any atom is 0.275 e. The van der Waals surface area contributed by atoms with Crippen LogP contribution in [0.4, 0.5) is 4.39 Å². The summed E-state index contributed by atoms with van der Waals surface area (Å²) in [5.41, 5.74) is 2.11. The predicted molar refractivity (Wildman–Crippen MR) is 105 cm³/mol. The fourth-order valence-electron chi connectivity index (χ4n) is 2.98. The highest BCUT2D eigenvalue weighted by atomic mass is 35.5. The van der Waals surface area contributed by atoms with Gasteiger partial charge in [-0.1, -0.05) is 35.1 Å². The van der Waals surface area contributed by atoms with Crippen LogP contribution in [0.5, 0.6) is 0 Å². The molecule has 0 radical (unpaired) electrons. The smallest absolute Gasteiger partial charge is 0.275 e. The molecule has 2 aromatic carbocycles. The molecular formula is C20H10ClFN2O2S. The Bertz CT molecular complexity index is 1430. The third-order valence-electron chi connectivity index (χ3n) is 4.25. The van der Waals surface area contributed by atoms with E-state index in [-0.39, 0.29) is 10.6 Å². The number of hydrogen-bond donors (Lipinski definition) is 0. The lowest BCUT2D eigenvalue weighted by molar-refractivity contribution is 0.571. The molecular weight excluding hydrogens is 387 g/mol. The number of thiazole rings is 1. The van der Waals surface area contributed by atoms with Gasteiger partial charge in [0.2, 0.25) is 0 Å². The number of imidazole rings is 1. The molecule has 27 heavy (non-hydrogen) atoms. The van der Waals surface area contributed by atoms with Gasteiger partial charge >= 0.3 is 0 Å². The van der Waals surface area contributed by atoms with Gasteiger partial charge in [0, 0.05) is 11.6 Å². The van der Waals surface area contributed by atoms with E-state index in [4.69, 9.17) is 16.0 Å². The molecule has 5 rings (SSSR count). The zero-order valence-corrected chi connectivity index (χ0v) is 15.2. The van der Waals surface area contributed by atoms with Crippen LogP contribution in [0, 0.1) is 5.82 Å². The highest BCUT2D eigenvalue weighted by Crippen LogP contribution is 2.26. The van der Waals surface area contributed by atoms with Gasteiger partial charge < -0.3 is 4.42 Å². The summed E-state index contributed by atoms with van der Waals surface area (Å²) in [6.07, 6.45) is 1.69. The summed E-state index contributed by atoms with van der Waals surface area (Å²) in [7, 11) is 0. The molecule has 0 N–H and O–H groups in total. The lowest BCUT2D eigenvalue weighted by Crippen LogP contribution is -2.22. The van der Waals surface area contributed by atoms with Crippen molar-refractivity contribution in [3.63, 3.8) is 0 Å². The highest BCUT2D eigenvalue weighted by molar-refractivity contribution is 7.15. The topological polar surface area (TPSA) is 47.5 Å². The van der Waals surface area contributed by atoms with Gasteiger partial charge in [0.1, 0.15) is 21.9 Å². The first-order valence-corrected chi connectivity index (χ1v) is 9.26. The van der Waals surface area contributed by atoms with Crippen LogP contribution < -0.4 is 10.1 Å². The molecule has 0 bridgehead atoms. The largest absolute Gasteiger partial charge is 0.457 e. The van der Waals surface area contributed by atoms with Gasteiger partial charge in [-0.2, -0.15) is 0 Å². The van der Waals surface area contributed by atoms with Gasteiger partial charge in [-0.3, -0.25) is 4.79 Å². The monoisotopic (exact) mass is 396 g/mol. The van der Waals surface area contributed by atoms with E-state index in [1.165, 1.54) is 23.5 Å². The van der Waals surface area contributed by atoms with Crippen LogP contribution in [0.25, 0.3) is 33.4 Å². The number of fused-ring (bicyclic) bond motifs is 3. The van der Waals surface area contributed by atoms with Crippen LogP contribution in [0.15, 0.2) is 63.8 Å². The van der Waals surface area contributed by atoms with E-state index < -0.39 is 5.82 Å². The van der Waals surface area contributed by atoms with Crippen LogP contribution in [0.2, 0.25) is 5.02 Å². The lowest BCUT2D eigenvalue weighted by Gasteiger charge is -1.98. The Labute approximate surface area is 160 Å². The minimum atomic E-state index is -0.482. The molecule has 0 aliphatic carbocycles. The number of para-hydroxylation sites is 2. The highest BCUT2D eigenvalue weighted by Gasteiger charge is 2.11. The average Bonchev–Trinajstić information content (AvgIpc) is 3.34. The summed E-state index contributed by atoms with van der Waals surface area (Å²) in [5, 5.41) is 0.0302. The standard InChI is InChI=1S/C20H10ClFN2O2S/c21-13-9-11(5-7-14(13)22)17-8-6-12(26-17)10-18-19(25)24-16-4-2-1-3-15(16)23-20(24)27-18/h1-10H/b18-10-. The molecule has 4 nitrogen and oxygen atoms in total. The molecule has 132 valence electrons. The van der Waals surface area contributed by atoms with Gasteiger partial charge in [-0.15, -0.1) is 0 Å². The molecule has 0 aliphatic rings. The third-order valence-corrected chi connectivity index (χ3v) is 5.51. The van der Waals surface area contributed by atoms with Gasteiger partial charge in [0.15, 0.2) is 4.96 Å².